The van der Waals surface area contributed by atoms with Crippen molar-refractivity contribution in [2.24, 2.45) is 5.92 Å². The first kappa shape index (κ1) is 23.6. The van der Waals surface area contributed by atoms with Gasteiger partial charge in [0.25, 0.3) is 0 Å². The van der Waals surface area contributed by atoms with Crippen LogP contribution in [0.25, 0.3) is 54.6 Å². The van der Waals surface area contributed by atoms with Gasteiger partial charge in [0.15, 0.2) is 0 Å². The zero-order valence-corrected chi connectivity index (χ0v) is 24.4. The maximum atomic E-state index is 2.60. The summed E-state index contributed by atoms with van der Waals surface area (Å²) in [6, 6.07) is 39.5. The Morgan fingerprint density at radius 2 is 1.29 bits per heavy atom. The van der Waals surface area contributed by atoms with Gasteiger partial charge in [-0.3, -0.25) is 0 Å². The summed E-state index contributed by atoms with van der Waals surface area (Å²) in [5, 5.41) is 7.98. The summed E-state index contributed by atoms with van der Waals surface area (Å²) in [4.78, 5) is 3.21. The van der Waals surface area contributed by atoms with Crippen molar-refractivity contribution in [1.29, 1.82) is 0 Å². The van der Waals surface area contributed by atoms with Gasteiger partial charge in [-0.25, -0.2) is 0 Å². The molecule has 1 aliphatic carbocycles. The third kappa shape index (κ3) is 3.30. The van der Waals surface area contributed by atoms with E-state index in [0.717, 1.165) is 0 Å². The molecule has 2 aliphatic heterocycles. The highest BCUT2D eigenvalue weighted by atomic mass is 32.3. The quantitative estimate of drug-likeness (QED) is 0.181. The molecule has 1 fully saturated rings. The molecular formula is C40H32S. The fourth-order valence-corrected chi connectivity index (χ4v) is 12.4. The normalized spacial score (nSPS) is 22.3. The maximum absolute atomic E-state index is 2.60. The molecule has 9 rings (SSSR count). The average Bonchev–Trinajstić information content (AvgIpc) is 3.51. The summed E-state index contributed by atoms with van der Waals surface area (Å²) in [5.41, 5.74) is 10.2. The van der Waals surface area contributed by atoms with Crippen LogP contribution in [0.1, 0.15) is 18.9 Å². The number of fused-ring (bicyclic) bond motifs is 11. The first-order chi connectivity index (χ1) is 20.1. The predicted octanol–water partition coefficient (Wildman–Crippen LogP) is 11.2. The lowest BCUT2D eigenvalue weighted by atomic mass is 9.90. The van der Waals surface area contributed by atoms with Crippen LogP contribution < -0.4 is 0 Å². The lowest BCUT2D eigenvalue weighted by Crippen LogP contribution is -2.01. The number of allylic oxidation sites excluding steroid dienone is 2. The van der Waals surface area contributed by atoms with Gasteiger partial charge in [-0.1, -0.05) is 110 Å². The highest BCUT2D eigenvalue weighted by molar-refractivity contribution is 8.34. The smallest absolute Gasteiger partial charge is 0.0107 e. The first-order valence-electron chi connectivity index (χ1n) is 14.9. The summed E-state index contributed by atoms with van der Waals surface area (Å²) < 4.78 is 0. The number of aryl methyl sites for hydroxylation is 1. The van der Waals surface area contributed by atoms with E-state index in [9.17, 15) is 0 Å². The SMILES string of the molecule is Cc1ccc2c(c1)S1(CC3=CCC(C)C=C3C1)c1cc(-c3cc4c5ccccc5ccc4c4ccccc34)ccc1-2. The van der Waals surface area contributed by atoms with E-state index in [1.165, 1.54) is 78.1 Å². The molecule has 0 radical (unpaired) electrons. The molecule has 41 heavy (non-hydrogen) atoms. The second kappa shape index (κ2) is 8.47. The molecule has 2 heterocycles. The van der Waals surface area contributed by atoms with Crippen LogP contribution in [0.2, 0.25) is 0 Å². The maximum Gasteiger partial charge on any atom is 0.0107 e. The van der Waals surface area contributed by atoms with E-state index in [0.29, 0.717) is 5.92 Å². The minimum Gasteiger partial charge on any atom is -0.178 e. The van der Waals surface area contributed by atoms with E-state index in [2.05, 4.69) is 129 Å². The summed E-state index contributed by atoms with van der Waals surface area (Å²) >= 11 is 0. The van der Waals surface area contributed by atoms with Crippen LogP contribution in [0.3, 0.4) is 0 Å². The van der Waals surface area contributed by atoms with Gasteiger partial charge in [-0.2, -0.15) is 10.0 Å². The number of hydrogen-bond donors (Lipinski definition) is 0. The Morgan fingerprint density at radius 3 is 2.17 bits per heavy atom. The molecule has 2 atom stereocenters. The molecule has 0 nitrogen and oxygen atoms in total. The number of rotatable bonds is 1. The third-order valence-electron chi connectivity index (χ3n) is 9.77. The van der Waals surface area contributed by atoms with Crippen molar-refractivity contribution in [2.45, 2.75) is 30.1 Å². The van der Waals surface area contributed by atoms with Crippen molar-refractivity contribution < 1.29 is 0 Å². The molecule has 0 aromatic heterocycles. The molecule has 6 aromatic carbocycles. The predicted molar refractivity (Wildman–Crippen MR) is 178 cm³/mol. The Labute approximate surface area is 243 Å². The summed E-state index contributed by atoms with van der Waals surface area (Å²) in [6.45, 7) is 4.63. The lowest BCUT2D eigenvalue weighted by molar-refractivity contribution is 0.724. The van der Waals surface area contributed by atoms with Crippen molar-refractivity contribution in [3.8, 4) is 22.3 Å². The van der Waals surface area contributed by atoms with Crippen molar-refractivity contribution in [1.82, 2.24) is 0 Å². The van der Waals surface area contributed by atoms with E-state index in [-0.39, 0.29) is 0 Å². The van der Waals surface area contributed by atoms with Crippen LogP contribution in [0.4, 0.5) is 0 Å². The first-order valence-corrected chi connectivity index (χ1v) is 16.8. The molecular weight excluding hydrogens is 513 g/mol. The van der Waals surface area contributed by atoms with Gasteiger partial charge in [-0.05, 0) is 103 Å². The standard InChI is InChI=1S/C40H32S/c1-25-11-13-29-23-41(24-30(29)19-25)39-20-26(2)12-16-35(39)36-18-15-28(21-40(36)41)37-22-38-31-8-4-3-7-27(31)14-17-34(38)32-9-5-6-10-33(32)37/h3-10,12-22,25H,11,23-24H2,1-2H3. The monoisotopic (exact) mass is 544 g/mol. The van der Waals surface area contributed by atoms with Gasteiger partial charge in [0, 0.05) is 21.3 Å². The molecule has 0 saturated carbocycles. The van der Waals surface area contributed by atoms with Crippen LogP contribution in [0.15, 0.2) is 136 Å². The van der Waals surface area contributed by atoms with Gasteiger partial charge in [0.2, 0.25) is 0 Å². The van der Waals surface area contributed by atoms with Crippen molar-refractivity contribution >= 4 is 42.3 Å². The van der Waals surface area contributed by atoms with Gasteiger partial charge in [0.1, 0.15) is 0 Å². The van der Waals surface area contributed by atoms with Gasteiger partial charge in [0.05, 0.1) is 0 Å². The summed E-state index contributed by atoms with van der Waals surface area (Å²) in [6.07, 6.45) is 6.32. The number of benzene rings is 6. The fourth-order valence-electron chi connectivity index (χ4n) is 7.79. The lowest BCUT2D eigenvalue weighted by Gasteiger charge is -2.33. The molecule has 2 unspecified atom stereocenters. The van der Waals surface area contributed by atoms with Crippen LogP contribution in [-0.4, -0.2) is 11.5 Å². The van der Waals surface area contributed by atoms with Gasteiger partial charge in [-0.15, -0.1) is 0 Å². The van der Waals surface area contributed by atoms with Gasteiger partial charge >= 0.3 is 0 Å². The van der Waals surface area contributed by atoms with E-state index in [1.807, 2.05) is 0 Å². The topological polar surface area (TPSA) is 0 Å². The Kier molecular flexibility index (Phi) is 4.88. The van der Waals surface area contributed by atoms with Crippen LogP contribution in [-0.2, 0) is 0 Å². The van der Waals surface area contributed by atoms with Crippen molar-refractivity contribution in [3.05, 3.63) is 132 Å². The molecule has 0 N–H and O–H groups in total. The molecule has 0 bridgehead atoms. The van der Waals surface area contributed by atoms with Crippen molar-refractivity contribution in [2.75, 3.05) is 11.5 Å². The van der Waals surface area contributed by atoms with E-state index >= 15 is 0 Å². The van der Waals surface area contributed by atoms with Crippen LogP contribution in [0, 0.1) is 12.8 Å². The summed E-state index contributed by atoms with van der Waals surface area (Å²) in [5.74, 6) is 3.03. The molecule has 6 aromatic rings. The summed E-state index contributed by atoms with van der Waals surface area (Å²) in [7, 11) is -1.17. The fraction of sp³-hybridized carbons (Fsp3) is 0.150. The highest BCUT2D eigenvalue weighted by Gasteiger charge is 2.45. The van der Waals surface area contributed by atoms with Crippen LogP contribution in [0.5, 0.6) is 0 Å². The largest absolute Gasteiger partial charge is 0.178 e. The molecule has 1 saturated heterocycles. The second-order valence-electron chi connectivity index (χ2n) is 12.4. The van der Waals surface area contributed by atoms with E-state index < -0.39 is 10.0 Å². The van der Waals surface area contributed by atoms with Crippen LogP contribution >= 0.6 is 10.0 Å². The zero-order chi connectivity index (χ0) is 27.3. The van der Waals surface area contributed by atoms with Crippen molar-refractivity contribution in [3.63, 3.8) is 0 Å². The highest BCUT2D eigenvalue weighted by Crippen LogP contribution is 2.76. The molecule has 1 spiro atoms. The molecule has 198 valence electrons. The average molecular weight is 545 g/mol. The zero-order valence-electron chi connectivity index (χ0n) is 23.6. The second-order valence-corrected chi connectivity index (χ2v) is 15.6. The minimum atomic E-state index is -1.17. The van der Waals surface area contributed by atoms with E-state index in [4.69, 9.17) is 0 Å². The Bertz CT molecular complexity index is 2160. The Morgan fingerprint density at radius 1 is 0.585 bits per heavy atom. The van der Waals surface area contributed by atoms with Gasteiger partial charge < -0.3 is 0 Å². The minimum absolute atomic E-state index is 0.645. The Hall–Kier alpha value is -4.07. The Balaban J connectivity index is 1.32. The number of hydrogen-bond acceptors (Lipinski definition) is 0. The van der Waals surface area contributed by atoms with E-state index in [1.54, 1.807) is 20.9 Å². The molecule has 0 amide bonds. The molecule has 1 heteroatoms. The third-order valence-corrected chi connectivity index (χ3v) is 13.7. The molecule has 3 aliphatic rings.